The quantitative estimate of drug-likeness (QED) is 0.733. The van der Waals surface area contributed by atoms with Crippen molar-refractivity contribution in [2.75, 3.05) is 13.1 Å². The number of para-hydroxylation sites is 1. The molecule has 1 aromatic carbocycles. The van der Waals surface area contributed by atoms with Crippen LogP contribution in [0.3, 0.4) is 0 Å². The van der Waals surface area contributed by atoms with Gasteiger partial charge in [0, 0.05) is 18.5 Å². The lowest BCUT2D eigenvalue weighted by Gasteiger charge is -2.30. The van der Waals surface area contributed by atoms with Crippen LogP contribution in [0.1, 0.15) is 23.2 Å². The van der Waals surface area contributed by atoms with Gasteiger partial charge in [0.25, 0.3) is 5.91 Å². The lowest BCUT2D eigenvalue weighted by atomic mass is 10.0. The van der Waals surface area contributed by atoms with E-state index in [2.05, 4.69) is 0 Å². The van der Waals surface area contributed by atoms with Crippen molar-refractivity contribution in [1.29, 1.82) is 0 Å². The Bertz CT molecular complexity index is 932. The van der Waals surface area contributed by atoms with E-state index in [0.717, 1.165) is 21.5 Å². The molecule has 0 saturated carbocycles. The van der Waals surface area contributed by atoms with Crippen LogP contribution in [0.2, 0.25) is 4.34 Å². The number of benzene rings is 1. The molecule has 2 aromatic heterocycles. The van der Waals surface area contributed by atoms with Crippen molar-refractivity contribution < 1.29 is 9.90 Å². The van der Waals surface area contributed by atoms with Gasteiger partial charge in [-0.05, 0) is 37.1 Å². The Morgan fingerprint density at radius 3 is 2.68 bits per heavy atom. The maximum Gasteiger partial charge on any atom is 0.254 e. The molecular weight excluding hydrogens is 356 g/mol. The largest absolute Gasteiger partial charge is 0.393 e. The van der Waals surface area contributed by atoms with Crippen LogP contribution in [0, 0.1) is 0 Å². The molecule has 4 nitrogen and oxygen atoms in total. The summed E-state index contributed by atoms with van der Waals surface area (Å²) in [6.07, 6.45) is 0.951. The summed E-state index contributed by atoms with van der Waals surface area (Å²) in [6.45, 7) is 1.16. The van der Waals surface area contributed by atoms with Gasteiger partial charge in [0.2, 0.25) is 0 Å². The first-order chi connectivity index (χ1) is 12.1. The van der Waals surface area contributed by atoms with Crippen molar-refractivity contribution in [3.63, 3.8) is 0 Å². The summed E-state index contributed by atoms with van der Waals surface area (Å²) in [5.74, 6) is -0.00518. The van der Waals surface area contributed by atoms with Gasteiger partial charge in [0.05, 0.1) is 32.1 Å². The van der Waals surface area contributed by atoms with Crippen molar-refractivity contribution in [1.82, 2.24) is 9.88 Å². The van der Waals surface area contributed by atoms with Gasteiger partial charge in [0.15, 0.2) is 0 Å². The number of thiophene rings is 1. The lowest BCUT2D eigenvalue weighted by Crippen LogP contribution is -2.40. The molecule has 0 bridgehead atoms. The van der Waals surface area contributed by atoms with Gasteiger partial charge in [-0.3, -0.25) is 4.79 Å². The SMILES string of the molecule is O=C(c1cc(-c2ccc(Cl)s2)nc2ccccc12)N1CCC(O)CC1. The van der Waals surface area contributed by atoms with E-state index in [1.807, 2.05) is 47.4 Å². The third kappa shape index (κ3) is 3.27. The monoisotopic (exact) mass is 372 g/mol. The van der Waals surface area contributed by atoms with Gasteiger partial charge in [-0.15, -0.1) is 11.3 Å². The van der Waals surface area contributed by atoms with E-state index in [1.165, 1.54) is 11.3 Å². The summed E-state index contributed by atoms with van der Waals surface area (Å²) in [7, 11) is 0. The Morgan fingerprint density at radius 1 is 1.20 bits per heavy atom. The number of amides is 1. The van der Waals surface area contributed by atoms with Crippen molar-refractivity contribution in [3.05, 3.63) is 52.4 Å². The van der Waals surface area contributed by atoms with Crippen LogP contribution in [-0.2, 0) is 0 Å². The predicted octanol–water partition coefficient (Wildman–Crippen LogP) is 4.21. The molecule has 0 spiro atoms. The Hall–Kier alpha value is -1.95. The number of aliphatic hydroxyl groups is 1. The van der Waals surface area contributed by atoms with Gasteiger partial charge < -0.3 is 10.0 Å². The van der Waals surface area contributed by atoms with Gasteiger partial charge in [-0.2, -0.15) is 0 Å². The highest BCUT2D eigenvalue weighted by atomic mass is 35.5. The fourth-order valence-electron chi connectivity index (χ4n) is 3.17. The number of pyridine rings is 1. The topological polar surface area (TPSA) is 53.4 Å². The maximum atomic E-state index is 13.1. The summed E-state index contributed by atoms with van der Waals surface area (Å²) in [5.41, 5.74) is 2.21. The van der Waals surface area contributed by atoms with Crippen LogP contribution in [0.25, 0.3) is 21.5 Å². The molecule has 0 unspecified atom stereocenters. The fraction of sp³-hybridized carbons (Fsp3) is 0.263. The van der Waals surface area contributed by atoms with Gasteiger partial charge in [0.1, 0.15) is 0 Å². The van der Waals surface area contributed by atoms with Gasteiger partial charge in [-0.25, -0.2) is 4.98 Å². The smallest absolute Gasteiger partial charge is 0.254 e. The summed E-state index contributed by atoms with van der Waals surface area (Å²) in [4.78, 5) is 20.6. The standard InChI is InChI=1S/C19H17ClN2O2S/c20-18-6-5-17(25-18)16-11-14(13-3-1-2-4-15(13)21-16)19(24)22-9-7-12(23)8-10-22/h1-6,11-12,23H,7-10H2. The molecule has 1 fully saturated rings. The summed E-state index contributed by atoms with van der Waals surface area (Å²) < 4.78 is 0.697. The first kappa shape index (κ1) is 16.5. The molecule has 1 N–H and O–H groups in total. The number of aromatic nitrogens is 1. The number of piperidine rings is 1. The molecule has 0 radical (unpaired) electrons. The normalized spacial score (nSPS) is 15.7. The average Bonchev–Trinajstić information content (AvgIpc) is 3.07. The molecule has 3 heterocycles. The number of carbonyl (C=O) groups is 1. The first-order valence-corrected chi connectivity index (χ1v) is 9.44. The van der Waals surface area contributed by atoms with Crippen LogP contribution < -0.4 is 0 Å². The number of carbonyl (C=O) groups excluding carboxylic acids is 1. The molecule has 1 saturated heterocycles. The Morgan fingerprint density at radius 2 is 1.96 bits per heavy atom. The predicted molar refractivity (Wildman–Crippen MR) is 101 cm³/mol. The number of hydrogen-bond acceptors (Lipinski definition) is 4. The maximum absolute atomic E-state index is 13.1. The number of halogens is 1. The number of rotatable bonds is 2. The second kappa shape index (κ2) is 6.75. The van der Waals surface area contributed by atoms with E-state index < -0.39 is 0 Å². The van der Waals surface area contributed by atoms with Gasteiger partial charge in [-0.1, -0.05) is 29.8 Å². The number of hydrogen-bond donors (Lipinski definition) is 1. The van der Waals surface area contributed by atoms with Crippen molar-refractivity contribution >= 4 is 39.7 Å². The minimum absolute atomic E-state index is 0.00518. The van der Waals surface area contributed by atoms with E-state index in [4.69, 9.17) is 16.6 Å². The zero-order chi connectivity index (χ0) is 17.4. The van der Waals surface area contributed by atoms with E-state index in [9.17, 15) is 9.90 Å². The first-order valence-electron chi connectivity index (χ1n) is 8.24. The van der Waals surface area contributed by atoms with E-state index >= 15 is 0 Å². The molecule has 1 amide bonds. The third-order valence-electron chi connectivity index (χ3n) is 4.52. The second-order valence-electron chi connectivity index (χ2n) is 6.20. The van der Waals surface area contributed by atoms with Crippen molar-refractivity contribution in [2.45, 2.75) is 18.9 Å². The van der Waals surface area contributed by atoms with Crippen molar-refractivity contribution in [3.8, 4) is 10.6 Å². The summed E-state index contributed by atoms with van der Waals surface area (Å²) in [5, 5.41) is 10.5. The zero-order valence-corrected chi connectivity index (χ0v) is 15.1. The zero-order valence-electron chi connectivity index (χ0n) is 13.5. The molecule has 6 heteroatoms. The Labute approximate surface area is 154 Å². The van der Waals surface area contributed by atoms with E-state index in [1.54, 1.807) is 0 Å². The Balaban J connectivity index is 1.80. The number of aliphatic hydroxyl groups excluding tert-OH is 1. The minimum atomic E-state index is -0.304. The molecule has 1 aliphatic heterocycles. The summed E-state index contributed by atoms with van der Waals surface area (Å²) >= 11 is 7.51. The summed E-state index contributed by atoms with van der Waals surface area (Å²) in [6, 6.07) is 13.3. The van der Waals surface area contributed by atoms with Crippen molar-refractivity contribution in [2.24, 2.45) is 0 Å². The number of likely N-dealkylation sites (tertiary alicyclic amines) is 1. The molecule has 128 valence electrons. The van der Waals surface area contributed by atoms with Gasteiger partial charge >= 0.3 is 0 Å². The highest BCUT2D eigenvalue weighted by molar-refractivity contribution is 7.19. The van der Waals surface area contributed by atoms with Crippen LogP contribution in [0.15, 0.2) is 42.5 Å². The number of nitrogens with zero attached hydrogens (tertiary/aromatic N) is 2. The Kier molecular flexibility index (Phi) is 4.46. The van der Waals surface area contributed by atoms with Crippen LogP contribution in [0.4, 0.5) is 0 Å². The third-order valence-corrected chi connectivity index (χ3v) is 5.78. The molecular formula is C19H17ClN2O2S. The molecule has 0 aliphatic carbocycles. The lowest BCUT2D eigenvalue weighted by molar-refractivity contribution is 0.0548. The van der Waals surface area contributed by atoms with E-state index in [0.29, 0.717) is 35.8 Å². The molecule has 4 rings (SSSR count). The second-order valence-corrected chi connectivity index (χ2v) is 7.91. The molecule has 25 heavy (non-hydrogen) atoms. The van der Waals surface area contributed by atoms with Crippen LogP contribution in [0.5, 0.6) is 0 Å². The fourth-order valence-corrected chi connectivity index (χ4v) is 4.17. The molecule has 3 aromatic rings. The average molecular weight is 373 g/mol. The van der Waals surface area contributed by atoms with Crippen LogP contribution >= 0.6 is 22.9 Å². The number of fused-ring (bicyclic) bond motifs is 1. The molecule has 1 aliphatic rings. The highest BCUT2D eigenvalue weighted by Gasteiger charge is 2.24. The highest BCUT2D eigenvalue weighted by Crippen LogP contribution is 2.32. The van der Waals surface area contributed by atoms with E-state index in [-0.39, 0.29) is 12.0 Å². The minimum Gasteiger partial charge on any atom is -0.393 e. The van der Waals surface area contributed by atoms with Crippen LogP contribution in [-0.4, -0.2) is 40.1 Å². The molecule has 0 atom stereocenters.